The molecule has 4 rings (SSSR count). The lowest BCUT2D eigenvalue weighted by atomic mass is 10.2. The molecule has 2 fully saturated rings. The minimum atomic E-state index is 0.602. The van der Waals surface area contributed by atoms with Crippen LogP contribution in [0.1, 0.15) is 12.3 Å². The number of halogens is 1. The van der Waals surface area contributed by atoms with Gasteiger partial charge in [0.25, 0.3) is 0 Å². The van der Waals surface area contributed by atoms with Crippen molar-refractivity contribution in [3.8, 4) is 11.4 Å². The van der Waals surface area contributed by atoms with Crippen molar-refractivity contribution in [3.05, 3.63) is 35.2 Å². The molecule has 24 heavy (non-hydrogen) atoms. The number of hydrogen-bond acceptors (Lipinski definition) is 6. The van der Waals surface area contributed by atoms with Crippen molar-refractivity contribution in [1.82, 2.24) is 25.3 Å². The second-order valence-electron chi connectivity index (χ2n) is 6.49. The largest absolute Gasteiger partial charge is 0.338 e. The summed E-state index contributed by atoms with van der Waals surface area (Å²) in [6.07, 6.45) is 1.22. The second-order valence-corrected chi connectivity index (χ2v) is 6.92. The van der Waals surface area contributed by atoms with E-state index < -0.39 is 0 Å². The van der Waals surface area contributed by atoms with E-state index in [2.05, 4.69) is 25.3 Å². The van der Waals surface area contributed by atoms with Gasteiger partial charge in [-0.25, -0.2) is 0 Å². The van der Waals surface area contributed by atoms with E-state index in [1.165, 1.54) is 6.42 Å². The Morgan fingerprint density at radius 2 is 2.12 bits per heavy atom. The fourth-order valence-electron chi connectivity index (χ4n) is 3.56. The van der Waals surface area contributed by atoms with Crippen LogP contribution >= 0.6 is 11.6 Å². The van der Waals surface area contributed by atoms with Crippen molar-refractivity contribution in [2.45, 2.75) is 19.0 Å². The molecule has 128 valence electrons. The standard InChI is InChI=1S/C17H22ClN5O/c18-14-3-1-2-13(10-14)17-20-16(24-21-17)12-22-7-4-15(11-22)23-8-5-19-6-9-23/h1-3,10,15,19H,4-9,11-12H2. The van der Waals surface area contributed by atoms with Gasteiger partial charge in [0.15, 0.2) is 0 Å². The first-order valence-corrected chi connectivity index (χ1v) is 8.91. The van der Waals surface area contributed by atoms with E-state index in [4.69, 9.17) is 16.1 Å². The maximum Gasteiger partial charge on any atom is 0.241 e. The number of aromatic nitrogens is 2. The number of likely N-dealkylation sites (tertiary alicyclic amines) is 1. The molecule has 2 saturated heterocycles. The van der Waals surface area contributed by atoms with Crippen LogP contribution in [0.4, 0.5) is 0 Å². The fourth-order valence-corrected chi connectivity index (χ4v) is 3.75. The third-order valence-corrected chi connectivity index (χ3v) is 5.06. The zero-order valence-corrected chi connectivity index (χ0v) is 14.4. The Morgan fingerprint density at radius 3 is 2.96 bits per heavy atom. The van der Waals surface area contributed by atoms with E-state index in [0.29, 0.717) is 22.8 Å². The Balaban J connectivity index is 1.36. The quantitative estimate of drug-likeness (QED) is 0.911. The summed E-state index contributed by atoms with van der Waals surface area (Å²) >= 11 is 6.03. The number of nitrogens with one attached hydrogen (secondary N) is 1. The van der Waals surface area contributed by atoms with Crippen LogP contribution in [-0.2, 0) is 6.54 Å². The highest BCUT2D eigenvalue weighted by molar-refractivity contribution is 6.30. The van der Waals surface area contributed by atoms with E-state index in [1.54, 1.807) is 0 Å². The summed E-state index contributed by atoms with van der Waals surface area (Å²) in [4.78, 5) is 9.52. The summed E-state index contributed by atoms with van der Waals surface area (Å²) in [5.41, 5.74) is 0.887. The van der Waals surface area contributed by atoms with Gasteiger partial charge in [0.1, 0.15) is 0 Å². The van der Waals surface area contributed by atoms with Crippen molar-refractivity contribution >= 4 is 11.6 Å². The van der Waals surface area contributed by atoms with Gasteiger partial charge in [-0.05, 0) is 18.6 Å². The third kappa shape index (κ3) is 3.62. The molecule has 2 aliphatic rings. The monoisotopic (exact) mass is 347 g/mol. The summed E-state index contributed by atoms with van der Waals surface area (Å²) in [5, 5.41) is 8.18. The Hall–Kier alpha value is -1.47. The first kappa shape index (κ1) is 16.0. The average Bonchev–Trinajstić information content (AvgIpc) is 3.26. The van der Waals surface area contributed by atoms with Crippen molar-refractivity contribution in [1.29, 1.82) is 0 Å². The molecule has 2 aliphatic heterocycles. The molecule has 2 aromatic rings. The summed E-state index contributed by atoms with van der Waals surface area (Å²) in [5.74, 6) is 1.27. The van der Waals surface area contributed by atoms with Gasteiger partial charge in [0.05, 0.1) is 6.54 Å². The highest BCUT2D eigenvalue weighted by Gasteiger charge is 2.29. The van der Waals surface area contributed by atoms with Crippen LogP contribution in [0.2, 0.25) is 5.02 Å². The number of nitrogens with zero attached hydrogens (tertiary/aromatic N) is 4. The lowest BCUT2D eigenvalue weighted by molar-refractivity contribution is 0.167. The van der Waals surface area contributed by atoms with Crippen molar-refractivity contribution < 1.29 is 4.52 Å². The lowest BCUT2D eigenvalue weighted by Crippen LogP contribution is -2.49. The van der Waals surface area contributed by atoms with Crippen LogP contribution in [0.5, 0.6) is 0 Å². The second kappa shape index (κ2) is 7.19. The van der Waals surface area contributed by atoms with Gasteiger partial charge in [0.2, 0.25) is 11.7 Å². The first-order valence-electron chi connectivity index (χ1n) is 8.53. The van der Waals surface area contributed by atoms with E-state index in [0.717, 1.165) is 51.4 Å². The van der Waals surface area contributed by atoms with Crippen molar-refractivity contribution in [3.63, 3.8) is 0 Å². The topological polar surface area (TPSA) is 57.4 Å². The van der Waals surface area contributed by atoms with Crippen LogP contribution in [-0.4, -0.2) is 65.3 Å². The summed E-state index contributed by atoms with van der Waals surface area (Å²) in [6, 6.07) is 8.18. The van der Waals surface area contributed by atoms with E-state index in [9.17, 15) is 0 Å². The van der Waals surface area contributed by atoms with E-state index >= 15 is 0 Å². The fraction of sp³-hybridized carbons (Fsp3) is 0.529. The van der Waals surface area contributed by atoms with Crippen molar-refractivity contribution in [2.75, 3.05) is 39.3 Å². The van der Waals surface area contributed by atoms with E-state index in [-0.39, 0.29) is 0 Å². The third-order valence-electron chi connectivity index (χ3n) is 4.83. The summed E-state index contributed by atoms with van der Waals surface area (Å²) < 4.78 is 5.43. The zero-order chi connectivity index (χ0) is 16.4. The van der Waals surface area contributed by atoms with Crippen LogP contribution in [0.3, 0.4) is 0 Å². The van der Waals surface area contributed by atoms with Crippen LogP contribution < -0.4 is 5.32 Å². The van der Waals surface area contributed by atoms with Gasteiger partial charge >= 0.3 is 0 Å². The number of piperazine rings is 1. The molecule has 1 N–H and O–H groups in total. The van der Waals surface area contributed by atoms with Gasteiger partial charge in [-0.15, -0.1) is 0 Å². The highest BCUT2D eigenvalue weighted by Crippen LogP contribution is 2.22. The normalized spacial score (nSPS) is 23.0. The van der Waals surface area contributed by atoms with Crippen LogP contribution in [0, 0.1) is 0 Å². The molecule has 0 saturated carbocycles. The first-order chi connectivity index (χ1) is 11.8. The number of rotatable bonds is 4. The molecule has 1 aromatic carbocycles. The molecule has 0 spiro atoms. The molecule has 0 amide bonds. The molecule has 0 aliphatic carbocycles. The summed E-state index contributed by atoms with van der Waals surface area (Å²) in [6.45, 7) is 7.39. The predicted octanol–water partition coefficient (Wildman–Crippen LogP) is 1.87. The Kier molecular flexibility index (Phi) is 4.80. The zero-order valence-electron chi connectivity index (χ0n) is 13.6. The van der Waals surface area contributed by atoms with Crippen LogP contribution in [0.25, 0.3) is 11.4 Å². The minimum Gasteiger partial charge on any atom is -0.338 e. The van der Waals surface area contributed by atoms with Gasteiger partial charge < -0.3 is 9.84 Å². The summed E-state index contributed by atoms with van der Waals surface area (Å²) in [7, 11) is 0. The molecule has 1 atom stereocenters. The van der Waals surface area contributed by atoms with Gasteiger partial charge in [0, 0.05) is 55.9 Å². The Bertz CT molecular complexity index is 685. The SMILES string of the molecule is Clc1cccc(-c2noc(CN3CCC(N4CCNCC4)C3)n2)c1. The molecule has 1 unspecified atom stereocenters. The van der Waals surface area contributed by atoms with Crippen LogP contribution in [0.15, 0.2) is 28.8 Å². The van der Waals surface area contributed by atoms with Gasteiger partial charge in [-0.1, -0.05) is 28.9 Å². The average molecular weight is 348 g/mol. The molecule has 1 aromatic heterocycles. The lowest BCUT2D eigenvalue weighted by Gasteiger charge is -2.32. The number of benzene rings is 1. The highest BCUT2D eigenvalue weighted by atomic mass is 35.5. The maximum absolute atomic E-state index is 6.03. The molecule has 7 heteroatoms. The minimum absolute atomic E-state index is 0.602. The molecule has 3 heterocycles. The van der Waals surface area contributed by atoms with Crippen molar-refractivity contribution in [2.24, 2.45) is 0 Å². The predicted molar refractivity (Wildman–Crippen MR) is 92.9 cm³/mol. The maximum atomic E-state index is 6.03. The molecule has 6 nitrogen and oxygen atoms in total. The van der Waals surface area contributed by atoms with Gasteiger partial charge in [-0.2, -0.15) is 4.98 Å². The molecular weight excluding hydrogens is 326 g/mol. The van der Waals surface area contributed by atoms with Gasteiger partial charge in [-0.3, -0.25) is 9.80 Å². The Labute approximate surface area is 146 Å². The molecule has 0 radical (unpaired) electrons. The van der Waals surface area contributed by atoms with E-state index in [1.807, 2.05) is 24.3 Å². The number of hydrogen-bond donors (Lipinski definition) is 1. The Morgan fingerprint density at radius 1 is 1.25 bits per heavy atom. The smallest absolute Gasteiger partial charge is 0.241 e. The molecular formula is C17H22ClN5O. The molecule has 0 bridgehead atoms.